The fourth-order valence-electron chi connectivity index (χ4n) is 2.72. The van der Waals surface area contributed by atoms with Gasteiger partial charge in [0.15, 0.2) is 11.5 Å². The predicted molar refractivity (Wildman–Crippen MR) is 74.5 cm³/mol. The quantitative estimate of drug-likeness (QED) is 0.855. The first-order chi connectivity index (χ1) is 8.66. The molecular weight excluding hydrogens is 292 g/mol. The van der Waals surface area contributed by atoms with Gasteiger partial charge in [-0.15, -0.1) is 5.10 Å². The molecule has 1 unspecified atom stereocenters. The van der Waals surface area contributed by atoms with Crippen molar-refractivity contribution in [3.63, 3.8) is 0 Å². The van der Waals surface area contributed by atoms with Crippen molar-refractivity contribution in [2.75, 3.05) is 6.54 Å². The smallest absolute Gasteiger partial charge is 0.169 e. The fraction of sp³-hybridized carbons (Fsp3) is 0.538. The number of hydrogen-bond acceptors (Lipinski definition) is 3. The molecule has 2 aromatic rings. The number of nitrogens with zero attached hydrogens (tertiary/aromatic N) is 4. The minimum atomic E-state index is 0.372. The van der Waals surface area contributed by atoms with E-state index in [0.717, 1.165) is 28.9 Å². The SMILES string of the molecule is CC(C)N1CCCC1c1nc2c(Br)cccn2n1. The highest BCUT2D eigenvalue weighted by Crippen LogP contribution is 2.32. The minimum Gasteiger partial charge on any atom is -0.291 e. The lowest BCUT2D eigenvalue weighted by atomic mass is 10.2. The summed E-state index contributed by atoms with van der Waals surface area (Å²) in [5.74, 6) is 0.952. The summed E-state index contributed by atoms with van der Waals surface area (Å²) in [6.45, 7) is 5.63. The van der Waals surface area contributed by atoms with Crippen molar-refractivity contribution in [2.45, 2.75) is 38.8 Å². The van der Waals surface area contributed by atoms with Crippen LogP contribution in [0.15, 0.2) is 22.8 Å². The van der Waals surface area contributed by atoms with Crippen molar-refractivity contribution in [3.05, 3.63) is 28.6 Å². The largest absolute Gasteiger partial charge is 0.291 e. The summed E-state index contributed by atoms with van der Waals surface area (Å²) in [7, 11) is 0. The van der Waals surface area contributed by atoms with Crippen LogP contribution in [0.3, 0.4) is 0 Å². The number of likely N-dealkylation sites (tertiary alicyclic amines) is 1. The molecule has 4 nitrogen and oxygen atoms in total. The highest BCUT2D eigenvalue weighted by molar-refractivity contribution is 9.10. The lowest BCUT2D eigenvalue weighted by Crippen LogP contribution is -2.30. The van der Waals surface area contributed by atoms with E-state index in [4.69, 9.17) is 4.98 Å². The molecule has 96 valence electrons. The normalized spacial score (nSPS) is 21.2. The van der Waals surface area contributed by atoms with Gasteiger partial charge in [0.25, 0.3) is 0 Å². The molecule has 0 N–H and O–H groups in total. The van der Waals surface area contributed by atoms with E-state index in [1.165, 1.54) is 6.42 Å². The Kier molecular flexibility index (Phi) is 3.11. The number of rotatable bonds is 2. The van der Waals surface area contributed by atoms with Gasteiger partial charge in [0.05, 0.1) is 10.5 Å². The Morgan fingerprint density at radius 3 is 3.00 bits per heavy atom. The molecule has 0 aliphatic carbocycles. The second-order valence-corrected chi connectivity index (χ2v) is 5.94. The van der Waals surface area contributed by atoms with Gasteiger partial charge in [0.2, 0.25) is 0 Å². The van der Waals surface area contributed by atoms with Crippen LogP contribution in [0.4, 0.5) is 0 Å². The highest BCUT2D eigenvalue weighted by Gasteiger charge is 2.31. The number of pyridine rings is 1. The van der Waals surface area contributed by atoms with Gasteiger partial charge in [0, 0.05) is 12.2 Å². The molecule has 0 spiro atoms. The monoisotopic (exact) mass is 308 g/mol. The summed E-state index contributed by atoms with van der Waals surface area (Å²) in [6.07, 6.45) is 4.34. The summed E-state index contributed by atoms with van der Waals surface area (Å²) < 4.78 is 2.86. The molecule has 18 heavy (non-hydrogen) atoms. The van der Waals surface area contributed by atoms with Gasteiger partial charge in [-0.3, -0.25) is 4.90 Å². The first kappa shape index (κ1) is 12.1. The van der Waals surface area contributed by atoms with Crippen molar-refractivity contribution in [1.29, 1.82) is 0 Å². The maximum absolute atomic E-state index is 4.69. The predicted octanol–water partition coefficient (Wildman–Crippen LogP) is 3.04. The van der Waals surface area contributed by atoms with Gasteiger partial charge in [-0.2, -0.15) is 0 Å². The van der Waals surface area contributed by atoms with Crippen molar-refractivity contribution in [1.82, 2.24) is 19.5 Å². The lowest BCUT2D eigenvalue weighted by Gasteiger charge is -2.25. The molecule has 1 aliphatic rings. The van der Waals surface area contributed by atoms with E-state index < -0.39 is 0 Å². The molecule has 5 heteroatoms. The zero-order valence-electron chi connectivity index (χ0n) is 10.7. The Morgan fingerprint density at radius 2 is 2.28 bits per heavy atom. The Morgan fingerprint density at radius 1 is 1.44 bits per heavy atom. The molecule has 0 bridgehead atoms. The van der Waals surface area contributed by atoms with Crippen LogP contribution in [0.1, 0.15) is 38.6 Å². The Hall–Kier alpha value is -0.940. The average Bonchev–Trinajstić information content (AvgIpc) is 2.95. The molecule has 2 aromatic heterocycles. The van der Waals surface area contributed by atoms with Crippen molar-refractivity contribution >= 4 is 21.6 Å². The zero-order valence-corrected chi connectivity index (χ0v) is 12.3. The molecule has 1 saturated heterocycles. The lowest BCUT2D eigenvalue weighted by molar-refractivity contribution is 0.199. The van der Waals surface area contributed by atoms with Crippen molar-refractivity contribution < 1.29 is 0 Å². The maximum Gasteiger partial charge on any atom is 0.169 e. The third-order valence-corrected chi connectivity index (χ3v) is 4.21. The van der Waals surface area contributed by atoms with E-state index in [2.05, 4.69) is 39.8 Å². The van der Waals surface area contributed by atoms with E-state index >= 15 is 0 Å². The van der Waals surface area contributed by atoms with Crippen LogP contribution >= 0.6 is 15.9 Å². The van der Waals surface area contributed by atoms with Crippen molar-refractivity contribution in [2.24, 2.45) is 0 Å². The van der Waals surface area contributed by atoms with Gasteiger partial charge in [-0.1, -0.05) is 0 Å². The van der Waals surface area contributed by atoms with Gasteiger partial charge in [-0.05, 0) is 61.3 Å². The Labute approximate surface area is 115 Å². The number of halogens is 1. The number of aromatic nitrogens is 3. The molecule has 1 fully saturated rings. The van der Waals surface area contributed by atoms with Crippen LogP contribution in [0.2, 0.25) is 0 Å². The number of fused-ring (bicyclic) bond motifs is 1. The molecule has 1 aliphatic heterocycles. The molecule has 0 radical (unpaired) electrons. The zero-order chi connectivity index (χ0) is 12.7. The van der Waals surface area contributed by atoms with Crippen molar-refractivity contribution in [3.8, 4) is 0 Å². The summed E-state index contributed by atoms with van der Waals surface area (Å²) in [4.78, 5) is 7.18. The molecule has 0 amide bonds. The van der Waals surface area contributed by atoms with Gasteiger partial charge < -0.3 is 0 Å². The summed E-state index contributed by atoms with van der Waals surface area (Å²) in [6, 6.07) is 4.90. The standard InChI is InChI=1S/C13H17BrN4/c1-9(2)17-7-4-6-11(17)12-15-13-10(14)5-3-8-18(13)16-12/h3,5,8-9,11H,4,6-7H2,1-2H3. The second-order valence-electron chi connectivity index (χ2n) is 5.08. The van der Waals surface area contributed by atoms with Crippen LogP contribution in [-0.4, -0.2) is 32.1 Å². The summed E-state index contributed by atoms with van der Waals surface area (Å²) in [5, 5.41) is 4.62. The van der Waals surface area contributed by atoms with Crippen LogP contribution in [0.5, 0.6) is 0 Å². The molecular formula is C13H17BrN4. The Balaban J connectivity index is 2.01. The van der Waals surface area contributed by atoms with Crippen LogP contribution in [-0.2, 0) is 0 Å². The second kappa shape index (κ2) is 4.63. The minimum absolute atomic E-state index is 0.372. The van der Waals surface area contributed by atoms with Crippen LogP contribution < -0.4 is 0 Å². The van der Waals surface area contributed by atoms with Crippen LogP contribution in [0.25, 0.3) is 5.65 Å². The molecule has 0 saturated carbocycles. The van der Waals surface area contributed by atoms with Gasteiger partial charge in [-0.25, -0.2) is 9.50 Å². The van der Waals surface area contributed by atoms with Gasteiger partial charge >= 0.3 is 0 Å². The van der Waals surface area contributed by atoms with E-state index in [1.807, 2.05) is 22.8 Å². The third-order valence-electron chi connectivity index (χ3n) is 3.59. The summed E-state index contributed by atoms with van der Waals surface area (Å²) >= 11 is 3.53. The topological polar surface area (TPSA) is 33.4 Å². The van der Waals surface area contributed by atoms with Gasteiger partial charge in [0.1, 0.15) is 0 Å². The number of hydrogen-bond donors (Lipinski definition) is 0. The Bertz CT molecular complexity index is 563. The van der Waals surface area contributed by atoms with E-state index in [1.54, 1.807) is 0 Å². The highest BCUT2D eigenvalue weighted by atomic mass is 79.9. The van der Waals surface area contributed by atoms with E-state index in [9.17, 15) is 0 Å². The van der Waals surface area contributed by atoms with Crippen LogP contribution in [0, 0.1) is 0 Å². The van der Waals surface area contributed by atoms with E-state index in [-0.39, 0.29) is 0 Å². The third kappa shape index (κ3) is 1.95. The first-order valence-electron chi connectivity index (χ1n) is 6.43. The maximum atomic E-state index is 4.69. The fourth-order valence-corrected chi connectivity index (χ4v) is 3.14. The molecule has 3 heterocycles. The molecule has 3 rings (SSSR count). The van der Waals surface area contributed by atoms with E-state index in [0.29, 0.717) is 12.1 Å². The summed E-state index contributed by atoms with van der Waals surface area (Å²) in [5.41, 5.74) is 0.906. The first-order valence-corrected chi connectivity index (χ1v) is 7.22. The molecule has 1 atom stereocenters. The molecule has 0 aromatic carbocycles. The average molecular weight is 309 g/mol.